The number of sulfonamides is 1. The Morgan fingerprint density at radius 1 is 1.20 bits per heavy atom. The van der Waals surface area contributed by atoms with Gasteiger partial charge in [-0.2, -0.15) is 4.31 Å². The molecule has 0 heterocycles. The van der Waals surface area contributed by atoms with Crippen LogP contribution >= 0.6 is 11.6 Å². The zero-order valence-corrected chi connectivity index (χ0v) is 15.4. The van der Waals surface area contributed by atoms with Crippen molar-refractivity contribution >= 4 is 33.2 Å². The molecule has 0 saturated carbocycles. The fraction of sp³-hybridized carbons (Fsp3) is 0.235. The Labute approximate surface area is 151 Å². The van der Waals surface area contributed by atoms with E-state index < -0.39 is 21.7 Å². The van der Waals surface area contributed by atoms with Gasteiger partial charge in [-0.1, -0.05) is 41.4 Å². The molecule has 0 fully saturated rings. The Morgan fingerprint density at radius 2 is 1.84 bits per heavy atom. The minimum atomic E-state index is -3.59. The van der Waals surface area contributed by atoms with Gasteiger partial charge >= 0.3 is 0 Å². The van der Waals surface area contributed by atoms with E-state index in [1.54, 1.807) is 0 Å². The average Bonchev–Trinajstić information content (AvgIpc) is 2.51. The summed E-state index contributed by atoms with van der Waals surface area (Å²) in [5.41, 5.74) is 2.12. The summed E-state index contributed by atoms with van der Waals surface area (Å²) in [6, 6.07) is 11.1. The summed E-state index contributed by atoms with van der Waals surface area (Å²) in [6.45, 7) is 1.65. The highest BCUT2D eigenvalue weighted by Gasteiger charge is 2.20. The zero-order chi connectivity index (χ0) is 18.6. The third-order valence-corrected chi connectivity index (χ3v) is 4.96. The number of carbonyl (C=O) groups is 1. The molecule has 0 aliphatic heterocycles. The molecule has 1 amide bonds. The van der Waals surface area contributed by atoms with E-state index in [1.165, 1.54) is 12.1 Å². The molecular weight excluding hydrogens is 367 g/mol. The van der Waals surface area contributed by atoms with E-state index in [4.69, 9.17) is 11.6 Å². The van der Waals surface area contributed by atoms with Gasteiger partial charge in [-0.15, -0.1) is 0 Å². The van der Waals surface area contributed by atoms with E-state index in [0.717, 1.165) is 27.8 Å². The fourth-order valence-corrected chi connectivity index (χ4v) is 3.04. The number of nitrogens with zero attached hydrogens (tertiary/aromatic N) is 1. The quantitative estimate of drug-likeness (QED) is 0.831. The highest BCUT2D eigenvalue weighted by Crippen LogP contribution is 2.19. The van der Waals surface area contributed by atoms with Gasteiger partial charge in [-0.3, -0.25) is 4.79 Å². The summed E-state index contributed by atoms with van der Waals surface area (Å²) in [5, 5.41) is 2.38. The molecule has 5 nitrogen and oxygen atoms in total. The number of amides is 1. The second-order valence-electron chi connectivity index (χ2n) is 5.69. The number of nitrogens with one attached hydrogen (secondary N) is 1. The van der Waals surface area contributed by atoms with Crippen molar-refractivity contribution in [1.29, 1.82) is 0 Å². The Morgan fingerprint density at radius 3 is 2.40 bits per heavy atom. The largest absolute Gasteiger partial charge is 0.325 e. The van der Waals surface area contributed by atoms with E-state index >= 15 is 0 Å². The first-order valence-corrected chi connectivity index (χ1v) is 9.63. The van der Waals surface area contributed by atoms with Gasteiger partial charge in [0.15, 0.2) is 0 Å². The number of hydrogen-bond donors (Lipinski definition) is 1. The Hall–Kier alpha value is -1.96. The predicted molar refractivity (Wildman–Crippen MR) is 96.5 cm³/mol. The topological polar surface area (TPSA) is 66.5 Å². The van der Waals surface area contributed by atoms with Crippen LogP contribution < -0.4 is 5.32 Å². The second kappa shape index (κ2) is 7.95. The molecule has 0 aliphatic rings. The number of carbonyl (C=O) groups excluding carboxylic acids is 1. The van der Waals surface area contributed by atoms with Gasteiger partial charge in [0.25, 0.3) is 0 Å². The maximum atomic E-state index is 13.1. The third-order valence-electron chi connectivity index (χ3n) is 3.47. The van der Waals surface area contributed by atoms with Gasteiger partial charge in [0.1, 0.15) is 5.82 Å². The normalized spacial score (nSPS) is 11.6. The lowest BCUT2D eigenvalue weighted by atomic mass is 10.1. The number of aryl methyl sites for hydroxylation is 1. The highest BCUT2D eigenvalue weighted by molar-refractivity contribution is 7.88. The predicted octanol–water partition coefficient (Wildman–Crippen LogP) is 3.19. The van der Waals surface area contributed by atoms with Crippen LogP contribution in [0.5, 0.6) is 0 Å². The lowest BCUT2D eigenvalue weighted by Crippen LogP contribution is -2.36. The molecule has 0 aliphatic carbocycles. The molecule has 25 heavy (non-hydrogen) atoms. The molecule has 0 unspecified atom stereocenters. The summed E-state index contributed by atoms with van der Waals surface area (Å²) in [6.07, 6.45) is 1.04. The summed E-state index contributed by atoms with van der Waals surface area (Å²) in [5.74, 6) is -1.14. The molecule has 2 rings (SSSR count). The summed E-state index contributed by atoms with van der Waals surface area (Å²) in [4.78, 5) is 12.2. The van der Waals surface area contributed by atoms with Crippen LogP contribution in [0.1, 0.15) is 11.1 Å². The fourth-order valence-electron chi connectivity index (χ4n) is 2.12. The molecule has 8 heteroatoms. The molecular formula is C17H18ClFN2O3S. The third kappa shape index (κ3) is 5.81. The zero-order valence-electron chi connectivity index (χ0n) is 13.8. The first-order chi connectivity index (χ1) is 11.6. The molecule has 2 aromatic rings. The standard InChI is InChI=1S/C17H18ClFN2O3S/c1-12-3-5-13(6-4-12)10-21(25(2,23)24)11-17(22)20-14-7-8-16(19)15(18)9-14/h3-9H,10-11H2,1-2H3,(H,20,22). The molecule has 0 bridgehead atoms. The van der Waals surface area contributed by atoms with Crippen molar-refractivity contribution in [2.24, 2.45) is 0 Å². The maximum Gasteiger partial charge on any atom is 0.239 e. The Balaban J connectivity index is 2.09. The molecule has 0 atom stereocenters. The van der Waals surface area contributed by atoms with Crippen LogP contribution in [0.2, 0.25) is 5.02 Å². The van der Waals surface area contributed by atoms with Crippen LogP contribution in [0.3, 0.4) is 0 Å². The van der Waals surface area contributed by atoms with Crippen molar-refractivity contribution in [3.05, 3.63) is 64.4 Å². The number of hydrogen-bond acceptors (Lipinski definition) is 3. The average molecular weight is 385 g/mol. The van der Waals surface area contributed by atoms with Crippen molar-refractivity contribution in [3.63, 3.8) is 0 Å². The number of halogens is 2. The van der Waals surface area contributed by atoms with Crippen molar-refractivity contribution in [2.45, 2.75) is 13.5 Å². The Kier molecular flexibility index (Phi) is 6.16. The van der Waals surface area contributed by atoms with Gasteiger partial charge in [-0.25, -0.2) is 12.8 Å². The SMILES string of the molecule is Cc1ccc(CN(CC(=O)Nc2ccc(F)c(Cl)c2)S(C)(=O)=O)cc1. The first kappa shape index (κ1) is 19.4. The lowest BCUT2D eigenvalue weighted by Gasteiger charge is -2.19. The van der Waals surface area contributed by atoms with Crippen LogP contribution in [-0.2, 0) is 21.4 Å². The van der Waals surface area contributed by atoms with Gasteiger partial charge < -0.3 is 5.32 Å². The highest BCUT2D eigenvalue weighted by atomic mass is 35.5. The van der Waals surface area contributed by atoms with Gasteiger partial charge in [0.2, 0.25) is 15.9 Å². The molecule has 134 valence electrons. The smallest absolute Gasteiger partial charge is 0.239 e. The number of benzene rings is 2. The molecule has 0 radical (unpaired) electrons. The summed E-state index contributed by atoms with van der Waals surface area (Å²) >= 11 is 5.66. The van der Waals surface area contributed by atoms with E-state index in [-0.39, 0.29) is 18.1 Å². The minimum absolute atomic E-state index is 0.0801. The first-order valence-electron chi connectivity index (χ1n) is 7.41. The van der Waals surface area contributed by atoms with Crippen LogP contribution in [-0.4, -0.2) is 31.4 Å². The molecule has 0 spiro atoms. The molecule has 0 saturated heterocycles. The van der Waals surface area contributed by atoms with Gasteiger partial charge in [0, 0.05) is 12.2 Å². The number of rotatable bonds is 6. The van der Waals surface area contributed by atoms with Crippen LogP contribution in [0.4, 0.5) is 10.1 Å². The van der Waals surface area contributed by atoms with E-state index in [2.05, 4.69) is 5.32 Å². The molecule has 0 aromatic heterocycles. The van der Waals surface area contributed by atoms with Gasteiger partial charge in [-0.05, 0) is 30.7 Å². The van der Waals surface area contributed by atoms with Crippen LogP contribution in [0, 0.1) is 12.7 Å². The van der Waals surface area contributed by atoms with Crippen molar-refractivity contribution in [3.8, 4) is 0 Å². The van der Waals surface area contributed by atoms with E-state index in [1.807, 2.05) is 31.2 Å². The van der Waals surface area contributed by atoms with Crippen LogP contribution in [0.25, 0.3) is 0 Å². The Bertz CT molecular complexity index is 870. The van der Waals surface area contributed by atoms with Crippen molar-refractivity contribution < 1.29 is 17.6 Å². The maximum absolute atomic E-state index is 13.1. The monoisotopic (exact) mass is 384 g/mol. The minimum Gasteiger partial charge on any atom is -0.325 e. The van der Waals surface area contributed by atoms with Gasteiger partial charge in [0.05, 0.1) is 17.8 Å². The number of anilines is 1. The molecule has 1 N–H and O–H groups in total. The van der Waals surface area contributed by atoms with Crippen molar-refractivity contribution in [1.82, 2.24) is 4.31 Å². The summed E-state index contributed by atoms with van der Waals surface area (Å²) < 4.78 is 38.1. The van der Waals surface area contributed by atoms with Crippen LogP contribution in [0.15, 0.2) is 42.5 Å². The lowest BCUT2D eigenvalue weighted by molar-refractivity contribution is -0.116. The summed E-state index contributed by atoms with van der Waals surface area (Å²) in [7, 11) is -3.59. The van der Waals surface area contributed by atoms with Crippen molar-refractivity contribution in [2.75, 3.05) is 18.1 Å². The van der Waals surface area contributed by atoms with E-state index in [9.17, 15) is 17.6 Å². The molecule has 2 aromatic carbocycles. The second-order valence-corrected chi connectivity index (χ2v) is 8.08. The van der Waals surface area contributed by atoms with E-state index in [0.29, 0.717) is 5.69 Å².